The lowest BCUT2D eigenvalue weighted by atomic mass is 10.2. The number of methoxy groups -OCH3 is 1. The first-order valence-corrected chi connectivity index (χ1v) is 6.57. The van der Waals surface area contributed by atoms with E-state index in [4.69, 9.17) is 19.9 Å². The molecule has 0 aliphatic heterocycles. The van der Waals surface area contributed by atoms with Crippen LogP contribution in [0.4, 0.5) is 0 Å². The Kier molecular flexibility index (Phi) is 6.69. The van der Waals surface area contributed by atoms with Crippen LogP contribution in [0.3, 0.4) is 0 Å². The smallest absolute Gasteiger partial charge is 0.331 e. The van der Waals surface area contributed by atoms with E-state index < -0.39 is 18.0 Å². The van der Waals surface area contributed by atoms with E-state index in [1.165, 1.54) is 26.2 Å². The van der Waals surface area contributed by atoms with Crippen LogP contribution in [0.2, 0.25) is 0 Å². The predicted octanol–water partition coefficient (Wildman–Crippen LogP) is 1.69. The summed E-state index contributed by atoms with van der Waals surface area (Å²) in [4.78, 5) is 22.3. The number of benzene rings is 1. The van der Waals surface area contributed by atoms with Crippen molar-refractivity contribution in [3.8, 4) is 11.5 Å². The summed E-state index contributed by atoms with van der Waals surface area (Å²) in [6.45, 7) is 5.34. The monoisotopic (exact) mass is 305 g/mol. The van der Waals surface area contributed by atoms with Gasteiger partial charge in [0.05, 0.1) is 7.11 Å². The Morgan fingerprint density at radius 1 is 1.36 bits per heavy atom. The summed E-state index contributed by atoms with van der Waals surface area (Å²) in [7, 11) is 1.52. The Morgan fingerprint density at radius 2 is 2.09 bits per heavy atom. The second-order valence-corrected chi connectivity index (χ2v) is 4.32. The molecule has 0 aliphatic carbocycles. The maximum atomic E-state index is 11.5. The fourth-order valence-corrected chi connectivity index (χ4v) is 1.49. The molecule has 1 amide bonds. The van der Waals surface area contributed by atoms with Gasteiger partial charge in [0.25, 0.3) is 5.91 Å². The van der Waals surface area contributed by atoms with Crippen molar-refractivity contribution < 1.29 is 23.8 Å². The van der Waals surface area contributed by atoms with E-state index in [2.05, 4.69) is 6.58 Å². The summed E-state index contributed by atoms with van der Waals surface area (Å²) in [5.41, 5.74) is 5.72. The quantitative estimate of drug-likeness (QED) is 0.448. The molecule has 0 spiro atoms. The van der Waals surface area contributed by atoms with Gasteiger partial charge in [-0.3, -0.25) is 4.79 Å². The molecule has 0 bridgehead atoms. The van der Waals surface area contributed by atoms with Crippen molar-refractivity contribution in [3.63, 3.8) is 0 Å². The molecule has 1 aromatic rings. The first kappa shape index (κ1) is 17.3. The molecule has 0 saturated carbocycles. The summed E-state index contributed by atoms with van der Waals surface area (Å²) < 4.78 is 15.4. The Morgan fingerprint density at radius 3 is 2.68 bits per heavy atom. The number of nitrogens with two attached hydrogens (primary N) is 1. The maximum Gasteiger partial charge on any atom is 0.331 e. The first-order chi connectivity index (χ1) is 10.5. The van der Waals surface area contributed by atoms with Gasteiger partial charge in [-0.25, -0.2) is 4.79 Å². The summed E-state index contributed by atoms with van der Waals surface area (Å²) in [6, 6.07) is 5.18. The molecule has 118 valence electrons. The van der Waals surface area contributed by atoms with Gasteiger partial charge in [0.2, 0.25) is 0 Å². The lowest BCUT2D eigenvalue weighted by Gasteiger charge is -2.10. The highest BCUT2D eigenvalue weighted by Gasteiger charge is 2.12. The Labute approximate surface area is 129 Å². The van der Waals surface area contributed by atoms with Crippen molar-refractivity contribution in [1.82, 2.24) is 0 Å². The van der Waals surface area contributed by atoms with Crippen LogP contribution in [0.15, 0.2) is 36.9 Å². The molecule has 0 saturated heterocycles. The molecule has 0 unspecified atom stereocenters. The second kappa shape index (κ2) is 8.51. The van der Waals surface area contributed by atoms with Crippen molar-refractivity contribution in [3.05, 3.63) is 42.5 Å². The SMILES string of the molecule is C=CCOc1ccc(/C=C/C(=O)O[C@@H](C)C(N)=O)cc1OC. The van der Waals surface area contributed by atoms with E-state index in [9.17, 15) is 9.59 Å². The van der Waals surface area contributed by atoms with Gasteiger partial charge in [0.1, 0.15) is 6.61 Å². The number of esters is 1. The van der Waals surface area contributed by atoms with Gasteiger partial charge in [-0.15, -0.1) is 0 Å². The summed E-state index contributed by atoms with van der Waals surface area (Å²) >= 11 is 0. The zero-order valence-electron chi connectivity index (χ0n) is 12.6. The largest absolute Gasteiger partial charge is 0.493 e. The number of hydrogen-bond donors (Lipinski definition) is 1. The third-order valence-electron chi connectivity index (χ3n) is 2.65. The number of carbonyl (C=O) groups is 2. The molecule has 2 N–H and O–H groups in total. The van der Waals surface area contributed by atoms with Crippen LogP contribution in [-0.2, 0) is 14.3 Å². The molecule has 0 fully saturated rings. The molecule has 0 aromatic heterocycles. The summed E-state index contributed by atoms with van der Waals surface area (Å²) in [6.07, 6.45) is 3.40. The first-order valence-electron chi connectivity index (χ1n) is 6.57. The third kappa shape index (κ3) is 5.32. The molecular formula is C16H19NO5. The molecule has 0 aliphatic rings. The minimum Gasteiger partial charge on any atom is -0.493 e. The Bertz CT molecular complexity index is 580. The Hall–Kier alpha value is -2.76. The normalized spacial score (nSPS) is 11.7. The van der Waals surface area contributed by atoms with Crippen molar-refractivity contribution >= 4 is 18.0 Å². The molecule has 6 heteroatoms. The maximum absolute atomic E-state index is 11.5. The average Bonchev–Trinajstić information content (AvgIpc) is 2.50. The molecule has 1 rings (SSSR count). The number of ether oxygens (including phenoxy) is 3. The molecule has 1 aromatic carbocycles. The number of primary amides is 1. The van der Waals surface area contributed by atoms with Gasteiger partial charge in [0.15, 0.2) is 17.6 Å². The number of amides is 1. The van der Waals surface area contributed by atoms with Crippen molar-refractivity contribution in [2.75, 3.05) is 13.7 Å². The minimum atomic E-state index is -0.971. The lowest BCUT2D eigenvalue weighted by molar-refractivity contribution is -0.148. The van der Waals surface area contributed by atoms with E-state index in [1.807, 2.05) is 0 Å². The second-order valence-electron chi connectivity index (χ2n) is 4.32. The molecule has 6 nitrogen and oxygen atoms in total. The zero-order valence-corrected chi connectivity index (χ0v) is 12.6. The van der Waals surface area contributed by atoms with Gasteiger partial charge in [0, 0.05) is 6.08 Å². The standard InChI is InChI=1S/C16H19NO5/c1-4-9-21-13-7-5-12(10-14(13)20-3)6-8-15(18)22-11(2)16(17)19/h4-8,10-11H,1,9H2,2-3H3,(H2,17,19)/b8-6+/t11-/m0/s1. The molecule has 0 radical (unpaired) electrons. The molecule has 22 heavy (non-hydrogen) atoms. The number of rotatable bonds is 8. The van der Waals surface area contributed by atoms with Crippen molar-refractivity contribution in [1.29, 1.82) is 0 Å². The molecule has 0 heterocycles. The summed E-state index contributed by atoms with van der Waals surface area (Å²) in [5.74, 6) is -0.253. The lowest BCUT2D eigenvalue weighted by Crippen LogP contribution is -2.29. The summed E-state index contributed by atoms with van der Waals surface area (Å²) in [5, 5.41) is 0. The van der Waals surface area contributed by atoms with Crippen LogP contribution >= 0.6 is 0 Å². The number of carbonyl (C=O) groups excluding carboxylic acids is 2. The number of hydrogen-bond acceptors (Lipinski definition) is 5. The van der Waals surface area contributed by atoms with E-state index >= 15 is 0 Å². The van der Waals surface area contributed by atoms with Gasteiger partial charge in [-0.05, 0) is 30.7 Å². The van der Waals surface area contributed by atoms with E-state index in [1.54, 1.807) is 24.3 Å². The topological polar surface area (TPSA) is 87.9 Å². The van der Waals surface area contributed by atoms with Gasteiger partial charge in [-0.2, -0.15) is 0 Å². The van der Waals surface area contributed by atoms with Crippen LogP contribution in [0, 0.1) is 0 Å². The van der Waals surface area contributed by atoms with Crippen molar-refractivity contribution in [2.45, 2.75) is 13.0 Å². The van der Waals surface area contributed by atoms with Crippen molar-refractivity contribution in [2.24, 2.45) is 5.73 Å². The Balaban J connectivity index is 2.76. The fraction of sp³-hybridized carbons (Fsp3) is 0.250. The highest BCUT2D eigenvalue weighted by molar-refractivity contribution is 5.90. The van der Waals surface area contributed by atoms with E-state index in [0.717, 1.165) is 0 Å². The van der Waals surface area contributed by atoms with Crippen LogP contribution in [-0.4, -0.2) is 31.7 Å². The highest BCUT2D eigenvalue weighted by atomic mass is 16.5. The molecular weight excluding hydrogens is 286 g/mol. The minimum absolute atomic E-state index is 0.364. The highest BCUT2D eigenvalue weighted by Crippen LogP contribution is 2.28. The third-order valence-corrected chi connectivity index (χ3v) is 2.65. The fourth-order valence-electron chi connectivity index (χ4n) is 1.49. The molecule has 1 atom stereocenters. The van der Waals surface area contributed by atoms with E-state index in [-0.39, 0.29) is 0 Å². The average molecular weight is 305 g/mol. The van der Waals surface area contributed by atoms with Crippen LogP contribution in [0.1, 0.15) is 12.5 Å². The zero-order chi connectivity index (χ0) is 16.5. The van der Waals surface area contributed by atoms with Crippen LogP contribution in [0.5, 0.6) is 11.5 Å². The van der Waals surface area contributed by atoms with E-state index in [0.29, 0.717) is 23.7 Å². The van der Waals surface area contributed by atoms with Gasteiger partial charge >= 0.3 is 5.97 Å². The van der Waals surface area contributed by atoms with Crippen LogP contribution < -0.4 is 15.2 Å². The van der Waals surface area contributed by atoms with Gasteiger partial charge < -0.3 is 19.9 Å². The van der Waals surface area contributed by atoms with Gasteiger partial charge in [-0.1, -0.05) is 18.7 Å². The van der Waals surface area contributed by atoms with Crippen LogP contribution in [0.25, 0.3) is 6.08 Å². The predicted molar refractivity (Wildman–Crippen MR) is 82.5 cm³/mol.